The summed E-state index contributed by atoms with van der Waals surface area (Å²) in [4.78, 5) is 3.74. The van der Waals surface area contributed by atoms with Gasteiger partial charge in [0.25, 0.3) is 0 Å². The first kappa shape index (κ1) is 9.65. The van der Waals surface area contributed by atoms with E-state index in [1.165, 1.54) is 0 Å². The number of halogens is 2. The van der Waals surface area contributed by atoms with Gasteiger partial charge in [-0.15, -0.1) is 0 Å². The highest BCUT2D eigenvalue weighted by Gasteiger charge is 2.09. The van der Waals surface area contributed by atoms with Crippen molar-refractivity contribution in [3.8, 4) is 0 Å². The molecule has 1 aromatic heterocycles. The van der Waals surface area contributed by atoms with Gasteiger partial charge < -0.3 is 0 Å². The molecule has 1 nitrogen and oxygen atoms in total. The molecule has 0 fully saturated rings. The summed E-state index contributed by atoms with van der Waals surface area (Å²) in [6, 6.07) is 1.83. The Kier molecular flexibility index (Phi) is 2.83. The zero-order valence-electron chi connectivity index (χ0n) is 7.36. The summed E-state index contributed by atoms with van der Waals surface area (Å²) in [5, 5.41) is 0. The van der Waals surface area contributed by atoms with Crippen LogP contribution in [0.1, 0.15) is 30.9 Å². The average Bonchev–Trinajstić information content (AvgIpc) is 1.96. The molecule has 0 bridgehead atoms. The van der Waals surface area contributed by atoms with E-state index in [0.717, 1.165) is 5.56 Å². The largest absolute Gasteiger partial charge is 0.217 e. The first-order chi connectivity index (χ1) is 5.52. The van der Waals surface area contributed by atoms with E-state index in [0.29, 0.717) is 10.2 Å². The number of aryl methyl sites for hydroxylation is 1. The highest BCUT2D eigenvalue weighted by molar-refractivity contribution is 9.10. The standard InChI is InChI=1S/C9H11BrFN/c1-5(2)7-4-6(3)8(10)12-9(7)11/h4-5H,1-3H3. The third-order valence-corrected chi connectivity index (χ3v) is 2.56. The normalized spacial score (nSPS) is 10.8. The third-order valence-electron chi connectivity index (χ3n) is 1.75. The molecule has 0 atom stereocenters. The summed E-state index contributed by atoms with van der Waals surface area (Å²) in [7, 11) is 0. The molecule has 66 valence electrons. The van der Waals surface area contributed by atoms with Gasteiger partial charge in [0.15, 0.2) is 0 Å². The predicted molar refractivity (Wildman–Crippen MR) is 50.7 cm³/mol. The molecule has 3 heteroatoms. The molecule has 0 aliphatic rings. The molecule has 0 saturated heterocycles. The fourth-order valence-electron chi connectivity index (χ4n) is 0.996. The highest BCUT2D eigenvalue weighted by atomic mass is 79.9. The second kappa shape index (κ2) is 3.52. The number of nitrogens with zero attached hydrogens (tertiary/aromatic N) is 1. The Balaban J connectivity index is 3.23. The third kappa shape index (κ3) is 1.83. The minimum Gasteiger partial charge on any atom is -0.212 e. The van der Waals surface area contributed by atoms with Crippen molar-refractivity contribution in [2.75, 3.05) is 0 Å². The molecule has 1 heterocycles. The number of hydrogen-bond donors (Lipinski definition) is 0. The smallest absolute Gasteiger partial charge is 0.212 e. The molecule has 0 unspecified atom stereocenters. The van der Waals surface area contributed by atoms with Crippen molar-refractivity contribution in [1.82, 2.24) is 4.98 Å². The van der Waals surface area contributed by atoms with Crippen LogP contribution in [-0.2, 0) is 0 Å². The van der Waals surface area contributed by atoms with E-state index in [9.17, 15) is 4.39 Å². The molecule has 0 spiro atoms. The molecular formula is C9H11BrFN. The lowest BCUT2D eigenvalue weighted by Gasteiger charge is -2.07. The summed E-state index contributed by atoms with van der Waals surface area (Å²) in [6.45, 7) is 5.81. The molecule has 0 saturated carbocycles. The lowest BCUT2D eigenvalue weighted by molar-refractivity contribution is 0.553. The Bertz CT molecular complexity index is 297. The van der Waals surface area contributed by atoms with Crippen LogP contribution in [0, 0.1) is 12.9 Å². The van der Waals surface area contributed by atoms with Gasteiger partial charge in [-0.1, -0.05) is 13.8 Å². The predicted octanol–water partition coefficient (Wildman–Crippen LogP) is 3.42. The Morgan fingerprint density at radius 3 is 2.58 bits per heavy atom. The topological polar surface area (TPSA) is 12.9 Å². The summed E-state index contributed by atoms with van der Waals surface area (Å²) < 4.78 is 13.7. The number of hydrogen-bond acceptors (Lipinski definition) is 1. The Labute approximate surface area is 80.1 Å². The summed E-state index contributed by atoms with van der Waals surface area (Å²) in [6.07, 6.45) is 0. The second-order valence-electron chi connectivity index (χ2n) is 3.13. The summed E-state index contributed by atoms with van der Waals surface area (Å²) in [5.41, 5.74) is 1.65. The number of aromatic nitrogens is 1. The van der Waals surface area contributed by atoms with Gasteiger partial charge in [-0.3, -0.25) is 0 Å². The van der Waals surface area contributed by atoms with Gasteiger partial charge in [-0.05, 0) is 40.4 Å². The molecule has 1 aromatic rings. The van der Waals surface area contributed by atoms with Gasteiger partial charge in [-0.25, -0.2) is 4.98 Å². The van der Waals surface area contributed by atoms with E-state index >= 15 is 0 Å². The summed E-state index contributed by atoms with van der Waals surface area (Å²) >= 11 is 3.18. The lowest BCUT2D eigenvalue weighted by Crippen LogP contribution is -1.98. The molecule has 12 heavy (non-hydrogen) atoms. The van der Waals surface area contributed by atoms with Gasteiger partial charge in [0.2, 0.25) is 5.95 Å². The minimum absolute atomic E-state index is 0.185. The Hall–Kier alpha value is -0.440. The van der Waals surface area contributed by atoms with E-state index in [4.69, 9.17) is 0 Å². The van der Waals surface area contributed by atoms with Gasteiger partial charge in [0, 0.05) is 5.56 Å². The van der Waals surface area contributed by atoms with Crippen molar-refractivity contribution in [3.05, 3.63) is 27.7 Å². The average molecular weight is 232 g/mol. The zero-order chi connectivity index (χ0) is 9.30. The van der Waals surface area contributed by atoms with Crippen molar-refractivity contribution in [3.63, 3.8) is 0 Å². The van der Waals surface area contributed by atoms with E-state index in [1.54, 1.807) is 0 Å². The second-order valence-corrected chi connectivity index (χ2v) is 3.88. The molecule has 0 aromatic carbocycles. The van der Waals surface area contributed by atoms with Crippen LogP contribution >= 0.6 is 15.9 Å². The molecular weight excluding hydrogens is 221 g/mol. The van der Waals surface area contributed by atoms with Crippen LogP contribution in [0.5, 0.6) is 0 Å². The quantitative estimate of drug-likeness (QED) is 0.676. The van der Waals surface area contributed by atoms with Crippen LogP contribution in [0.4, 0.5) is 4.39 Å². The van der Waals surface area contributed by atoms with Gasteiger partial charge in [-0.2, -0.15) is 4.39 Å². The van der Waals surface area contributed by atoms with E-state index in [2.05, 4.69) is 20.9 Å². The van der Waals surface area contributed by atoms with Crippen LogP contribution < -0.4 is 0 Å². The fourth-order valence-corrected chi connectivity index (χ4v) is 1.27. The molecule has 1 rings (SSSR count). The van der Waals surface area contributed by atoms with Crippen LogP contribution in [-0.4, -0.2) is 4.98 Å². The van der Waals surface area contributed by atoms with E-state index in [-0.39, 0.29) is 11.9 Å². The fraction of sp³-hybridized carbons (Fsp3) is 0.444. The molecule has 0 aliphatic carbocycles. The van der Waals surface area contributed by atoms with Gasteiger partial charge in [0.05, 0.1) is 0 Å². The Morgan fingerprint density at radius 2 is 2.08 bits per heavy atom. The van der Waals surface area contributed by atoms with Crippen LogP contribution in [0.2, 0.25) is 0 Å². The minimum atomic E-state index is -0.373. The van der Waals surface area contributed by atoms with E-state index in [1.807, 2.05) is 26.8 Å². The Morgan fingerprint density at radius 1 is 1.50 bits per heavy atom. The monoisotopic (exact) mass is 231 g/mol. The van der Waals surface area contributed by atoms with Crippen LogP contribution in [0.3, 0.4) is 0 Å². The van der Waals surface area contributed by atoms with Crippen molar-refractivity contribution < 1.29 is 4.39 Å². The van der Waals surface area contributed by atoms with Gasteiger partial charge >= 0.3 is 0 Å². The maximum Gasteiger partial charge on any atom is 0.217 e. The maximum absolute atomic E-state index is 13.1. The highest BCUT2D eigenvalue weighted by Crippen LogP contribution is 2.22. The number of rotatable bonds is 1. The molecule has 0 N–H and O–H groups in total. The lowest BCUT2D eigenvalue weighted by atomic mass is 10.0. The number of pyridine rings is 1. The van der Waals surface area contributed by atoms with Crippen molar-refractivity contribution in [2.45, 2.75) is 26.7 Å². The van der Waals surface area contributed by atoms with Crippen molar-refractivity contribution in [1.29, 1.82) is 0 Å². The van der Waals surface area contributed by atoms with Gasteiger partial charge in [0.1, 0.15) is 4.60 Å². The van der Waals surface area contributed by atoms with Crippen LogP contribution in [0.25, 0.3) is 0 Å². The first-order valence-electron chi connectivity index (χ1n) is 3.85. The molecule has 0 amide bonds. The zero-order valence-corrected chi connectivity index (χ0v) is 8.94. The first-order valence-corrected chi connectivity index (χ1v) is 4.64. The van der Waals surface area contributed by atoms with Crippen LogP contribution in [0.15, 0.2) is 10.7 Å². The van der Waals surface area contributed by atoms with E-state index < -0.39 is 0 Å². The molecule has 0 radical (unpaired) electrons. The SMILES string of the molecule is Cc1cc(C(C)C)c(F)nc1Br. The summed E-state index contributed by atoms with van der Waals surface area (Å²) in [5.74, 6) is -0.188. The van der Waals surface area contributed by atoms with Crippen molar-refractivity contribution >= 4 is 15.9 Å². The maximum atomic E-state index is 13.1. The molecule has 0 aliphatic heterocycles. The van der Waals surface area contributed by atoms with Crippen molar-refractivity contribution in [2.24, 2.45) is 0 Å².